The van der Waals surface area contributed by atoms with Crippen molar-refractivity contribution in [2.45, 2.75) is 25.8 Å². The van der Waals surface area contributed by atoms with Gasteiger partial charge in [-0.1, -0.05) is 13.0 Å². The first-order chi connectivity index (χ1) is 6.63. The first kappa shape index (κ1) is 10.9. The average molecular weight is 196 g/mol. The van der Waals surface area contributed by atoms with Crippen molar-refractivity contribution in [2.24, 2.45) is 5.92 Å². The second-order valence-electron chi connectivity index (χ2n) is 3.62. The summed E-state index contributed by atoms with van der Waals surface area (Å²) >= 11 is 0. The van der Waals surface area contributed by atoms with Crippen LogP contribution in [-0.4, -0.2) is 24.4 Å². The molecule has 2 N–H and O–H groups in total. The van der Waals surface area contributed by atoms with Gasteiger partial charge in [-0.3, -0.25) is 14.9 Å². The second kappa shape index (κ2) is 4.91. The zero-order valence-corrected chi connectivity index (χ0v) is 8.38. The Bertz CT molecular complexity index is 251. The summed E-state index contributed by atoms with van der Waals surface area (Å²) in [6, 6.07) is -0.227. The maximum absolute atomic E-state index is 11.3. The molecule has 0 bridgehead atoms. The van der Waals surface area contributed by atoms with E-state index in [1.165, 1.54) is 0 Å². The highest BCUT2D eigenvalue weighted by molar-refractivity contribution is 6.00. The summed E-state index contributed by atoms with van der Waals surface area (Å²) < 4.78 is 0. The minimum absolute atomic E-state index is 0.176. The molecule has 0 spiro atoms. The van der Waals surface area contributed by atoms with Gasteiger partial charge in [-0.2, -0.15) is 0 Å². The summed E-state index contributed by atoms with van der Waals surface area (Å²) in [5.41, 5.74) is 0. The van der Waals surface area contributed by atoms with Crippen LogP contribution in [0.25, 0.3) is 0 Å². The summed E-state index contributed by atoms with van der Waals surface area (Å²) in [5, 5.41) is 5.41. The normalized spacial score (nSPS) is 24.2. The van der Waals surface area contributed by atoms with Crippen molar-refractivity contribution >= 4 is 11.8 Å². The van der Waals surface area contributed by atoms with Crippen LogP contribution >= 0.6 is 0 Å². The van der Waals surface area contributed by atoms with Gasteiger partial charge >= 0.3 is 0 Å². The maximum Gasteiger partial charge on any atom is 0.243 e. The first-order valence-electron chi connectivity index (χ1n) is 4.83. The Morgan fingerprint density at radius 2 is 2.43 bits per heavy atom. The highest BCUT2D eigenvalue weighted by Gasteiger charge is 2.25. The molecule has 0 aromatic rings. The van der Waals surface area contributed by atoms with Gasteiger partial charge < -0.3 is 5.32 Å². The molecule has 0 saturated carbocycles. The van der Waals surface area contributed by atoms with Crippen molar-refractivity contribution in [1.82, 2.24) is 10.6 Å². The number of hydrogen-bond donors (Lipinski definition) is 2. The molecule has 0 aromatic carbocycles. The topological polar surface area (TPSA) is 58.2 Å². The third-order valence-electron chi connectivity index (χ3n) is 2.33. The summed E-state index contributed by atoms with van der Waals surface area (Å²) in [7, 11) is 0. The number of piperidine rings is 1. The predicted molar refractivity (Wildman–Crippen MR) is 53.5 cm³/mol. The number of rotatable bonds is 4. The number of imide groups is 1. The standard InChI is InChI=1S/C10H16N2O2/c1-3-7(2)6-11-8-4-5-9(13)12-10(8)14/h3,7-8,11H,1,4-6H2,2H3,(H,12,13,14). The Kier molecular flexibility index (Phi) is 3.83. The molecule has 0 radical (unpaired) electrons. The molecule has 1 aliphatic rings. The van der Waals surface area contributed by atoms with Crippen molar-refractivity contribution < 1.29 is 9.59 Å². The van der Waals surface area contributed by atoms with Crippen LogP contribution in [0.2, 0.25) is 0 Å². The monoisotopic (exact) mass is 196 g/mol. The second-order valence-corrected chi connectivity index (χ2v) is 3.62. The zero-order valence-electron chi connectivity index (χ0n) is 8.38. The SMILES string of the molecule is C=CC(C)CNC1CCC(=O)NC1=O. The van der Waals surface area contributed by atoms with E-state index in [9.17, 15) is 9.59 Å². The van der Waals surface area contributed by atoms with E-state index in [2.05, 4.69) is 17.2 Å². The van der Waals surface area contributed by atoms with Crippen molar-refractivity contribution in [1.29, 1.82) is 0 Å². The fraction of sp³-hybridized carbons (Fsp3) is 0.600. The number of amides is 2. The smallest absolute Gasteiger partial charge is 0.243 e. The molecule has 2 amide bonds. The fourth-order valence-electron chi connectivity index (χ4n) is 1.30. The molecule has 1 aliphatic heterocycles. The highest BCUT2D eigenvalue weighted by Crippen LogP contribution is 2.05. The van der Waals surface area contributed by atoms with E-state index in [4.69, 9.17) is 0 Å². The molecule has 0 aliphatic carbocycles. The molecule has 1 rings (SSSR count). The van der Waals surface area contributed by atoms with Crippen molar-refractivity contribution in [3.8, 4) is 0 Å². The lowest BCUT2D eigenvalue weighted by Gasteiger charge is -2.22. The van der Waals surface area contributed by atoms with Crippen LogP contribution in [0.4, 0.5) is 0 Å². The average Bonchev–Trinajstić information content (AvgIpc) is 2.16. The van der Waals surface area contributed by atoms with Gasteiger partial charge in [-0.15, -0.1) is 6.58 Å². The lowest BCUT2D eigenvalue weighted by atomic mass is 10.1. The summed E-state index contributed by atoms with van der Waals surface area (Å²) in [6.07, 6.45) is 2.85. The predicted octanol–water partition coefficient (Wildman–Crippen LogP) is 0.203. The summed E-state index contributed by atoms with van der Waals surface area (Å²) in [6.45, 7) is 6.40. The number of hydrogen-bond acceptors (Lipinski definition) is 3. The van der Waals surface area contributed by atoms with Crippen molar-refractivity contribution in [3.63, 3.8) is 0 Å². The molecule has 14 heavy (non-hydrogen) atoms. The summed E-state index contributed by atoms with van der Waals surface area (Å²) in [4.78, 5) is 22.1. The van der Waals surface area contributed by atoms with E-state index in [1.54, 1.807) is 0 Å². The van der Waals surface area contributed by atoms with Gasteiger partial charge in [0.25, 0.3) is 0 Å². The molecule has 2 atom stereocenters. The quantitative estimate of drug-likeness (QED) is 0.499. The lowest BCUT2D eigenvalue weighted by molar-refractivity contribution is -0.134. The molecular weight excluding hydrogens is 180 g/mol. The van der Waals surface area contributed by atoms with Gasteiger partial charge in [0.05, 0.1) is 6.04 Å². The first-order valence-corrected chi connectivity index (χ1v) is 4.83. The van der Waals surface area contributed by atoms with E-state index in [1.807, 2.05) is 13.0 Å². The van der Waals surface area contributed by atoms with E-state index in [-0.39, 0.29) is 17.9 Å². The molecule has 0 aromatic heterocycles. The minimum Gasteiger partial charge on any atom is -0.305 e. The van der Waals surface area contributed by atoms with Crippen LogP contribution in [0.1, 0.15) is 19.8 Å². The molecule has 1 saturated heterocycles. The Labute approximate surface area is 83.8 Å². The number of nitrogens with one attached hydrogen (secondary N) is 2. The minimum atomic E-state index is -0.227. The molecule has 1 heterocycles. The van der Waals surface area contributed by atoms with Gasteiger partial charge in [0.15, 0.2) is 0 Å². The van der Waals surface area contributed by atoms with E-state index >= 15 is 0 Å². The summed E-state index contributed by atoms with van der Waals surface area (Å²) in [5.74, 6) is -0.0530. The van der Waals surface area contributed by atoms with Gasteiger partial charge in [0.2, 0.25) is 11.8 Å². The van der Waals surface area contributed by atoms with Gasteiger partial charge in [0.1, 0.15) is 0 Å². The number of carbonyl (C=O) groups is 2. The van der Waals surface area contributed by atoms with Crippen LogP contribution in [0, 0.1) is 5.92 Å². The fourth-order valence-corrected chi connectivity index (χ4v) is 1.30. The van der Waals surface area contributed by atoms with Crippen LogP contribution < -0.4 is 10.6 Å². The lowest BCUT2D eigenvalue weighted by Crippen LogP contribution is -2.51. The van der Waals surface area contributed by atoms with E-state index in [0.29, 0.717) is 18.8 Å². The van der Waals surface area contributed by atoms with Gasteiger partial charge in [-0.05, 0) is 12.3 Å². The van der Waals surface area contributed by atoms with Crippen molar-refractivity contribution in [3.05, 3.63) is 12.7 Å². The van der Waals surface area contributed by atoms with Crippen LogP contribution in [0.15, 0.2) is 12.7 Å². The van der Waals surface area contributed by atoms with Gasteiger partial charge in [-0.25, -0.2) is 0 Å². The van der Waals surface area contributed by atoms with Crippen molar-refractivity contribution in [2.75, 3.05) is 6.54 Å². The highest BCUT2D eigenvalue weighted by atomic mass is 16.2. The Hall–Kier alpha value is -1.16. The number of carbonyl (C=O) groups excluding carboxylic acids is 2. The Balaban J connectivity index is 2.34. The van der Waals surface area contributed by atoms with Gasteiger partial charge in [0, 0.05) is 13.0 Å². The maximum atomic E-state index is 11.3. The van der Waals surface area contributed by atoms with E-state index in [0.717, 1.165) is 6.54 Å². The van der Waals surface area contributed by atoms with E-state index < -0.39 is 0 Å². The molecule has 4 nitrogen and oxygen atoms in total. The molecule has 4 heteroatoms. The van der Waals surface area contributed by atoms with Crippen LogP contribution in [-0.2, 0) is 9.59 Å². The Morgan fingerprint density at radius 3 is 3.00 bits per heavy atom. The third kappa shape index (κ3) is 2.96. The molecule has 1 fully saturated rings. The zero-order chi connectivity index (χ0) is 10.6. The largest absolute Gasteiger partial charge is 0.305 e. The molecule has 78 valence electrons. The molecular formula is C10H16N2O2. The third-order valence-corrected chi connectivity index (χ3v) is 2.33. The van der Waals surface area contributed by atoms with Crippen LogP contribution in [0.3, 0.4) is 0 Å². The molecule has 2 unspecified atom stereocenters. The van der Waals surface area contributed by atoms with Crippen LogP contribution in [0.5, 0.6) is 0 Å². The Morgan fingerprint density at radius 1 is 1.71 bits per heavy atom.